The Labute approximate surface area is 202 Å². The molecule has 0 bridgehead atoms. The first-order chi connectivity index (χ1) is 16.1. The summed E-state index contributed by atoms with van der Waals surface area (Å²) in [4.78, 5) is 13.9. The molecule has 0 fully saturated rings. The van der Waals surface area contributed by atoms with E-state index in [4.69, 9.17) is 9.47 Å². The lowest BCUT2D eigenvalue weighted by Crippen LogP contribution is -2.50. The van der Waals surface area contributed by atoms with Gasteiger partial charge in [0.15, 0.2) is 0 Å². The van der Waals surface area contributed by atoms with Gasteiger partial charge >= 0.3 is 0 Å². The van der Waals surface area contributed by atoms with Gasteiger partial charge in [0.1, 0.15) is 23.4 Å². The van der Waals surface area contributed by atoms with Gasteiger partial charge in [-0.25, -0.2) is 8.42 Å². The minimum Gasteiger partial charge on any atom is -0.487 e. The molecule has 0 spiro atoms. The van der Waals surface area contributed by atoms with Crippen LogP contribution in [-0.4, -0.2) is 81.2 Å². The number of benzene rings is 2. The van der Waals surface area contributed by atoms with Crippen molar-refractivity contribution in [1.29, 1.82) is 0 Å². The average Bonchev–Trinajstić information content (AvgIpc) is 2.81. The van der Waals surface area contributed by atoms with E-state index in [-0.39, 0.29) is 48.8 Å². The molecule has 186 valence electrons. The number of amides is 1. The van der Waals surface area contributed by atoms with Crippen molar-refractivity contribution in [3.05, 3.63) is 48.0 Å². The molecule has 1 amide bonds. The number of likely N-dealkylation sites (N-methyl/N-ethyl adjacent to an activating group) is 1. The van der Waals surface area contributed by atoms with Crippen molar-refractivity contribution in [2.24, 2.45) is 5.92 Å². The van der Waals surface area contributed by atoms with Crippen molar-refractivity contribution < 1.29 is 27.8 Å². The van der Waals surface area contributed by atoms with Crippen molar-refractivity contribution in [2.75, 3.05) is 40.5 Å². The van der Waals surface area contributed by atoms with Crippen molar-refractivity contribution in [3.63, 3.8) is 0 Å². The van der Waals surface area contributed by atoms with E-state index >= 15 is 0 Å². The lowest BCUT2D eigenvalue weighted by atomic mass is 10.0. The van der Waals surface area contributed by atoms with Gasteiger partial charge in [0.05, 0.1) is 13.2 Å². The molecule has 0 unspecified atom stereocenters. The molecule has 0 aromatic heterocycles. The number of aliphatic hydroxyl groups is 1. The summed E-state index contributed by atoms with van der Waals surface area (Å²) in [7, 11) is -0.789. The summed E-state index contributed by atoms with van der Waals surface area (Å²) < 4.78 is 39.8. The summed E-state index contributed by atoms with van der Waals surface area (Å²) >= 11 is 0. The number of carbonyl (C=O) groups is 1. The predicted molar refractivity (Wildman–Crippen MR) is 130 cm³/mol. The monoisotopic (exact) mass is 490 g/mol. The van der Waals surface area contributed by atoms with Gasteiger partial charge in [-0.3, -0.25) is 4.79 Å². The van der Waals surface area contributed by atoms with Crippen LogP contribution in [0, 0.1) is 12.8 Å². The molecule has 2 aromatic rings. The standard InChI is InChI=1S/C25H34N2O6S/c1-17-6-8-20(9-7-17)21-10-11-24-22(12-21)33-23(14-26(4)25(29)16-32-5)18(2)13-27(19(3)15-28)34(24,30)31/h6-12,18-19,23,28H,13-16H2,1-5H3/t18-,19+,23-/m0/s1. The minimum absolute atomic E-state index is 0.0476. The van der Waals surface area contributed by atoms with Gasteiger partial charge in [0, 0.05) is 32.7 Å². The maximum absolute atomic E-state index is 13.6. The number of aliphatic hydroxyl groups excluding tert-OH is 1. The summed E-state index contributed by atoms with van der Waals surface area (Å²) in [5, 5.41) is 9.77. The zero-order valence-electron chi connectivity index (χ0n) is 20.4. The molecule has 0 aliphatic carbocycles. The first kappa shape index (κ1) is 26.2. The molecule has 1 aliphatic rings. The maximum atomic E-state index is 13.6. The Morgan fingerprint density at radius 2 is 1.88 bits per heavy atom. The number of rotatable bonds is 7. The number of aryl methyl sites for hydroxylation is 1. The Hall–Kier alpha value is -2.46. The number of ether oxygens (including phenoxy) is 2. The highest BCUT2D eigenvalue weighted by atomic mass is 32.2. The molecule has 0 saturated heterocycles. The first-order valence-electron chi connectivity index (χ1n) is 11.3. The van der Waals surface area contributed by atoms with Crippen LogP contribution in [0.2, 0.25) is 0 Å². The molecule has 1 aliphatic heterocycles. The molecule has 0 radical (unpaired) electrons. The second-order valence-electron chi connectivity index (χ2n) is 8.97. The Kier molecular flexibility index (Phi) is 8.35. The summed E-state index contributed by atoms with van der Waals surface area (Å²) in [6.45, 7) is 5.63. The average molecular weight is 491 g/mol. The van der Waals surface area contributed by atoms with Crippen molar-refractivity contribution in [2.45, 2.75) is 37.8 Å². The zero-order valence-corrected chi connectivity index (χ0v) is 21.2. The van der Waals surface area contributed by atoms with Gasteiger partial charge < -0.3 is 19.5 Å². The van der Waals surface area contributed by atoms with Crippen LogP contribution in [0.15, 0.2) is 47.4 Å². The third kappa shape index (κ3) is 5.60. The first-order valence-corrected chi connectivity index (χ1v) is 12.8. The topological polar surface area (TPSA) is 96.4 Å². The van der Waals surface area contributed by atoms with Crippen LogP contribution in [0.4, 0.5) is 0 Å². The number of hydrogen-bond donors (Lipinski definition) is 1. The molecule has 1 N–H and O–H groups in total. The van der Waals surface area contributed by atoms with Crippen LogP contribution >= 0.6 is 0 Å². The molecule has 8 nitrogen and oxygen atoms in total. The van der Waals surface area contributed by atoms with Gasteiger partial charge in [-0.2, -0.15) is 4.31 Å². The van der Waals surface area contributed by atoms with Gasteiger partial charge in [-0.1, -0.05) is 42.8 Å². The van der Waals surface area contributed by atoms with Crippen LogP contribution < -0.4 is 4.74 Å². The third-order valence-electron chi connectivity index (χ3n) is 6.20. The molecule has 34 heavy (non-hydrogen) atoms. The number of hydrogen-bond acceptors (Lipinski definition) is 6. The van der Waals surface area contributed by atoms with E-state index < -0.39 is 22.2 Å². The number of methoxy groups -OCH3 is 1. The summed E-state index contributed by atoms with van der Waals surface area (Å²) in [6.07, 6.45) is -0.471. The quantitative estimate of drug-likeness (QED) is 0.641. The minimum atomic E-state index is -3.92. The summed E-state index contributed by atoms with van der Waals surface area (Å²) in [6, 6.07) is 12.4. The van der Waals surface area contributed by atoms with Crippen molar-refractivity contribution in [3.8, 4) is 16.9 Å². The lowest BCUT2D eigenvalue weighted by molar-refractivity contribution is -0.135. The summed E-state index contributed by atoms with van der Waals surface area (Å²) in [5.74, 6) is -0.211. The fourth-order valence-electron chi connectivity index (χ4n) is 3.97. The second-order valence-corrected chi connectivity index (χ2v) is 10.8. The lowest BCUT2D eigenvalue weighted by Gasteiger charge is -2.37. The van der Waals surface area contributed by atoms with E-state index in [2.05, 4.69) is 0 Å². The number of fused-ring (bicyclic) bond motifs is 1. The SMILES string of the molecule is COCC(=O)N(C)C[C@@H]1Oc2cc(-c3ccc(C)cc3)ccc2S(=O)(=O)N([C@H](C)CO)C[C@@H]1C. The fourth-order valence-corrected chi connectivity index (χ4v) is 5.80. The molecule has 9 heteroatoms. The van der Waals surface area contributed by atoms with Crippen molar-refractivity contribution >= 4 is 15.9 Å². The van der Waals surface area contributed by atoms with E-state index in [1.165, 1.54) is 16.3 Å². The zero-order chi connectivity index (χ0) is 25.0. The molecule has 3 rings (SSSR count). The van der Waals surface area contributed by atoms with Gasteiger partial charge in [-0.05, 0) is 37.1 Å². The molecular formula is C25H34N2O6S. The number of nitrogens with zero attached hydrogens (tertiary/aromatic N) is 2. The molecule has 0 saturated carbocycles. The highest BCUT2D eigenvalue weighted by molar-refractivity contribution is 7.89. The largest absolute Gasteiger partial charge is 0.487 e. The number of sulfonamides is 1. The molecule has 3 atom stereocenters. The molecule has 1 heterocycles. The number of carbonyl (C=O) groups excluding carboxylic acids is 1. The fraction of sp³-hybridized carbons (Fsp3) is 0.480. The Balaban J connectivity index is 2.08. The van der Waals surface area contributed by atoms with Crippen LogP contribution in [0.5, 0.6) is 5.75 Å². The van der Waals surface area contributed by atoms with E-state index in [1.54, 1.807) is 32.2 Å². The second kappa shape index (κ2) is 10.9. The Morgan fingerprint density at radius 3 is 2.50 bits per heavy atom. The predicted octanol–water partition coefficient (Wildman–Crippen LogP) is 2.54. The molecular weight excluding hydrogens is 456 g/mol. The van der Waals surface area contributed by atoms with Gasteiger partial charge in [0.2, 0.25) is 15.9 Å². The van der Waals surface area contributed by atoms with E-state index in [1.807, 2.05) is 38.1 Å². The third-order valence-corrected chi connectivity index (χ3v) is 8.22. The Bertz CT molecular complexity index is 1100. The van der Waals surface area contributed by atoms with Crippen LogP contribution in [0.25, 0.3) is 11.1 Å². The van der Waals surface area contributed by atoms with Crippen molar-refractivity contribution in [1.82, 2.24) is 9.21 Å². The maximum Gasteiger partial charge on any atom is 0.248 e. The highest BCUT2D eigenvalue weighted by Crippen LogP contribution is 2.36. The smallest absolute Gasteiger partial charge is 0.248 e. The highest BCUT2D eigenvalue weighted by Gasteiger charge is 2.38. The van der Waals surface area contributed by atoms with Crippen LogP contribution in [0.3, 0.4) is 0 Å². The van der Waals surface area contributed by atoms with Gasteiger partial charge in [0.25, 0.3) is 0 Å². The Morgan fingerprint density at radius 1 is 1.24 bits per heavy atom. The normalized spacial score (nSPS) is 21.0. The molecule has 2 aromatic carbocycles. The van der Waals surface area contributed by atoms with Crippen LogP contribution in [-0.2, 0) is 19.6 Å². The van der Waals surface area contributed by atoms with E-state index in [0.717, 1.165) is 16.7 Å². The summed E-state index contributed by atoms with van der Waals surface area (Å²) in [5.41, 5.74) is 2.89. The van der Waals surface area contributed by atoms with Gasteiger partial charge in [-0.15, -0.1) is 0 Å². The van der Waals surface area contributed by atoms with Crippen LogP contribution in [0.1, 0.15) is 19.4 Å². The van der Waals surface area contributed by atoms with E-state index in [0.29, 0.717) is 0 Å². The van der Waals surface area contributed by atoms with E-state index in [9.17, 15) is 18.3 Å².